The van der Waals surface area contributed by atoms with Crippen molar-refractivity contribution in [1.29, 1.82) is 0 Å². The molecule has 0 bridgehead atoms. The van der Waals surface area contributed by atoms with E-state index in [0.29, 0.717) is 5.92 Å². The molecule has 0 N–H and O–H groups in total. The van der Waals surface area contributed by atoms with Crippen molar-refractivity contribution < 1.29 is 4.79 Å². The lowest BCUT2D eigenvalue weighted by Crippen LogP contribution is -2.03. The van der Waals surface area contributed by atoms with Crippen LogP contribution in [-0.4, -0.2) is 5.78 Å². The Kier molecular flexibility index (Phi) is 2.64. The molecule has 1 rings (SSSR count). The molecule has 0 spiro atoms. The van der Waals surface area contributed by atoms with Crippen LogP contribution < -0.4 is 0 Å². The Morgan fingerprint density at radius 2 is 2.45 bits per heavy atom. The van der Waals surface area contributed by atoms with Gasteiger partial charge in [-0.2, -0.15) is 0 Å². The van der Waals surface area contributed by atoms with Gasteiger partial charge >= 0.3 is 0 Å². The van der Waals surface area contributed by atoms with Crippen LogP contribution in [0.4, 0.5) is 0 Å². The highest BCUT2D eigenvalue weighted by Gasteiger charge is 2.18. The first-order valence-corrected chi connectivity index (χ1v) is 4.09. The standard InChI is InChI=1S/C10H14O/c1-3-5-9-6-4-7-10(9)8(2)11/h3,5,7,9H,4,6H2,1-2H3/b5-3+. The molecule has 0 saturated heterocycles. The first-order chi connectivity index (χ1) is 5.25. The summed E-state index contributed by atoms with van der Waals surface area (Å²) in [5, 5.41) is 0. The van der Waals surface area contributed by atoms with Crippen molar-refractivity contribution in [3.63, 3.8) is 0 Å². The van der Waals surface area contributed by atoms with Crippen LogP contribution in [0.2, 0.25) is 0 Å². The second-order valence-corrected chi connectivity index (χ2v) is 2.93. The molecular weight excluding hydrogens is 136 g/mol. The highest BCUT2D eigenvalue weighted by molar-refractivity contribution is 5.94. The average Bonchev–Trinajstić information content (AvgIpc) is 2.36. The molecule has 0 radical (unpaired) electrons. The summed E-state index contributed by atoms with van der Waals surface area (Å²) in [4.78, 5) is 11.0. The van der Waals surface area contributed by atoms with Crippen molar-refractivity contribution in [2.45, 2.75) is 26.7 Å². The van der Waals surface area contributed by atoms with Crippen molar-refractivity contribution >= 4 is 5.78 Å². The van der Waals surface area contributed by atoms with Crippen LogP contribution >= 0.6 is 0 Å². The summed E-state index contributed by atoms with van der Waals surface area (Å²) in [6.07, 6.45) is 8.36. The first kappa shape index (κ1) is 8.25. The van der Waals surface area contributed by atoms with Crippen LogP contribution in [0.15, 0.2) is 23.8 Å². The third-order valence-electron chi connectivity index (χ3n) is 2.07. The van der Waals surface area contributed by atoms with E-state index in [2.05, 4.69) is 12.2 Å². The van der Waals surface area contributed by atoms with E-state index in [1.807, 2.05) is 13.0 Å². The Labute approximate surface area is 67.8 Å². The minimum Gasteiger partial charge on any atom is -0.295 e. The molecule has 11 heavy (non-hydrogen) atoms. The normalized spacial score (nSPS) is 24.2. The van der Waals surface area contributed by atoms with E-state index in [1.54, 1.807) is 6.92 Å². The number of hydrogen-bond acceptors (Lipinski definition) is 1. The maximum Gasteiger partial charge on any atom is 0.156 e. The Balaban J connectivity index is 2.70. The number of rotatable bonds is 2. The van der Waals surface area contributed by atoms with Crippen LogP contribution in [0, 0.1) is 5.92 Å². The fourth-order valence-corrected chi connectivity index (χ4v) is 1.56. The molecule has 0 aromatic carbocycles. The Bertz CT molecular complexity index is 211. The third-order valence-corrected chi connectivity index (χ3v) is 2.07. The summed E-state index contributed by atoms with van der Waals surface area (Å²) in [5.41, 5.74) is 1.00. The van der Waals surface area contributed by atoms with Gasteiger partial charge in [0.25, 0.3) is 0 Å². The molecule has 60 valence electrons. The van der Waals surface area contributed by atoms with Gasteiger partial charge in [0.05, 0.1) is 0 Å². The van der Waals surface area contributed by atoms with Crippen LogP contribution in [0.3, 0.4) is 0 Å². The molecule has 0 aliphatic heterocycles. The van der Waals surface area contributed by atoms with Crippen LogP contribution in [-0.2, 0) is 4.79 Å². The summed E-state index contributed by atoms with van der Waals surface area (Å²) >= 11 is 0. The predicted octanol–water partition coefficient (Wildman–Crippen LogP) is 2.49. The number of hydrogen-bond donors (Lipinski definition) is 0. The molecule has 0 saturated carbocycles. The highest BCUT2D eigenvalue weighted by atomic mass is 16.1. The molecule has 1 atom stereocenters. The fraction of sp³-hybridized carbons (Fsp3) is 0.500. The van der Waals surface area contributed by atoms with E-state index < -0.39 is 0 Å². The van der Waals surface area contributed by atoms with Gasteiger partial charge in [-0.3, -0.25) is 4.79 Å². The van der Waals surface area contributed by atoms with Crippen LogP contribution in [0.25, 0.3) is 0 Å². The van der Waals surface area contributed by atoms with Crippen molar-refractivity contribution in [2.24, 2.45) is 5.92 Å². The first-order valence-electron chi connectivity index (χ1n) is 4.09. The highest BCUT2D eigenvalue weighted by Crippen LogP contribution is 2.27. The largest absolute Gasteiger partial charge is 0.295 e. The topological polar surface area (TPSA) is 17.1 Å². The second kappa shape index (κ2) is 3.51. The molecule has 0 heterocycles. The Morgan fingerprint density at radius 1 is 1.73 bits per heavy atom. The Hall–Kier alpha value is -0.850. The molecule has 0 aromatic rings. The van der Waals surface area contributed by atoms with Gasteiger partial charge < -0.3 is 0 Å². The lowest BCUT2D eigenvalue weighted by atomic mass is 9.98. The molecule has 1 heteroatoms. The van der Waals surface area contributed by atoms with Gasteiger partial charge in [0.2, 0.25) is 0 Å². The van der Waals surface area contributed by atoms with Gasteiger partial charge in [-0.25, -0.2) is 0 Å². The summed E-state index contributed by atoms with van der Waals surface area (Å²) in [6, 6.07) is 0. The smallest absolute Gasteiger partial charge is 0.156 e. The van der Waals surface area contributed by atoms with Crippen LogP contribution in [0.5, 0.6) is 0 Å². The van der Waals surface area contributed by atoms with Crippen molar-refractivity contribution in [1.82, 2.24) is 0 Å². The van der Waals surface area contributed by atoms with Gasteiger partial charge in [-0.1, -0.05) is 18.2 Å². The van der Waals surface area contributed by atoms with E-state index >= 15 is 0 Å². The minimum absolute atomic E-state index is 0.227. The quantitative estimate of drug-likeness (QED) is 0.553. The maximum atomic E-state index is 11.0. The molecule has 1 unspecified atom stereocenters. The molecule has 0 fully saturated rings. The zero-order valence-electron chi connectivity index (χ0n) is 7.13. The second-order valence-electron chi connectivity index (χ2n) is 2.93. The van der Waals surface area contributed by atoms with E-state index in [9.17, 15) is 4.79 Å². The van der Waals surface area contributed by atoms with Gasteiger partial charge in [0, 0.05) is 5.92 Å². The van der Waals surface area contributed by atoms with Crippen molar-refractivity contribution in [3.8, 4) is 0 Å². The van der Waals surface area contributed by atoms with Crippen molar-refractivity contribution in [2.75, 3.05) is 0 Å². The van der Waals surface area contributed by atoms with Crippen LogP contribution in [0.1, 0.15) is 26.7 Å². The number of allylic oxidation sites excluding steroid dienone is 4. The predicted molar refractivity (Wildman–Crippen MR) is 46.3 cm³/mol. The molecular formula is C10H14O. The van der Waals surface area contributed by atoms with Gasteiger partial charge in [0.1, 0.15) is 0 Å². The molecule has 1 aliphatic carbocycles. The fourth-order valence-electron chi connectivity index (χ4n) is 1.56. The summed E-state index contributed by atoms with van der Waals surface area (Å²) in [7, 11) is 0. The summed E-state index contributed by atoms with van der Waals surface area (Å²) in [6.45, 7) is 3.64. The number of carbonyl (C=O) groups is 1. The maximum absolute atomic E-state index is 11.0. The number of Topliss-reactive ketones (excluding diaryl/α,β-unsaturated/α-hetero) is 1. The minimum atomic E-state index is 0.227. The van der Waals surface area contributed by atoms with Gasteiger partial charge in [-0.05, 0) is 32.3 Å². The van der Waals surface area contributed by atoms with E-state index in [0.717, 1.165) is 18.4 Å². The molecule has 0 amide bonds. The molecule has 1 nitrogen and oxygen atoms in total. The van der Waals surface area contributed by atoms with E-state index in [-0.39, 0.29) is 5.78 Å². The molecule has 0 aromatic heterocycles. The number of ketones is 1. The summed E-state index contributed by atoms with van der Waals surface area (Å²) in [5.74, 6) is 0.628. The SMILES string of the molecule is C/C=C/C1CCC=C1C(C)=O. The Morgan fingerprint density at radius 3 is 3.00 bits per heavy atom. The zero-order chi connectivity index (χ0) is 8.27. The van der Waals surface area contributed by atoms with Gasteiger partial charge in [0.15, 0.2) is 5.78 Å². The third kappa shape index (κ3) is 1.79. The van der Waals surface area contributed by atoms with E-state index in [1.165, 1.54) is 0 Å². The molecule has 1 aliphatic rings. The van der Waals surface area contributed by atoms with Gasteiger partial charge in [-0.15, -0.1) is 0 Å². The van der Waals surface area contributed by atoms with Crippen molar-refractivity contribution in [3.05, 3.63) is 23.8 Å². The monoisotopic (exact) mass is 150 g/mol. The summed E-state index contributed by atoms with van der Waals surface area (Å²) < 4.78 is 0. The number of carbonyl (C=O) groups excluding carboxylic acids is 1. The average molecular weight is 150 g/mol. The lowest BCUT2D eigenvalue weighted by Gasteiger charge is -2.05. The zero-order valence-corrected chi connectivity index (χ0v) is 7.13. The lowest BCUT2D eigenvalue weighted by molar-refractivity contribution is -0.113. The van der Waals surface area contributed by atoms with E-state index in [4.69, 9.17) is 0 Å².